The number of carboxylic acids is 1. The number of aliphatic carboxylic acids is 1. The van der Waals surface area contributed by atoms with Gasteiger partial charge in [0.05, 0.1) is 5.56 Å². The molecule has 0 unspecified atom stereocenters. The van der Waals surface area contributed by atoms with Crippen LogP contribution in [-0.4, -0.2) is 39.7 Å². The molecule has 1 aliphatic heterocycles. The van der Waals surface area contributed by atoms with E-state index in [0.29, 0.717) is 6.54 Å². The predicted octanol–water partition coefficient (Wildman–Crippen LogP) is 4.40. The summed E-state index contributed by atoms with van der Waals surface area (Å²) in [4.78, 5) is 28.8. The third kappa shape index (κ3) is 6.00. The number of fused-ring (bicyclic) bond motifs is 1. The second kappa shape index (κ2) is 9.89. The lowest BCUT2D eigenvalue weighted by Gasteiger charge is -2.11. The van der Waals surface area contributed by atoms with Gasteiger partial charge in [0.2, 0.25) is 0 Å². The van der Waals surface area contributed by atoms with Gasteiger partial charge in [-0.05, 0) is 61.6 Å². The van der Waals surface area contributed by atoms with E-state index in [1.54, 1.807) is 0 Å². The van der Waals surface area contributed by atoms with E-state index < -0.39 is 12.1 Å². The van der Waals surface area contributed by atoms with Gasteiger partial charge in [-0.1, -0.05) is 18.2 Å². The zero-order chi connectivity index (χ0) is 24.2. The number of aromatic nitrogens is 2. The second-order valence-electron chi connectivity index (χ2n) is 7.79. The van der Waals surface area contributed by atoms with Crippen molar-refractivity contribution in [3.05, 3.63) is 76.2 Å². The number of amides is 1. The van der Waals surface area contributed by atoms with E-state index in [0.717, 1.165) is 47.5 Å². The highest BCUT2D eigenvalue weighted by Gasteiger charge is 2.38. The number of H-pyrrole nitrogens is 1. The summed E-state index contributed by atoms with van der Waals surface area (Å²) in [5.74, 6) is -2.74. The number of carbonyl (C=O) groups is 2. The Kier molecular flexibility index (Phi) is 7.20. The number of rotatable bonds is 4. The quantitative estimate of drug-likeness (QED) is 0.539. The molecular formula is C24H24F3N3O3. The molecule has 33 heavy (non-hydrogen) atoms. The van der Waals surface area contributed by atoms with E-state index in [9.17, 15) is 18.0 Å². The number of halogens is 3. The van der Waals surface area contributed by atoms with Gasteiger partial charge in [0, 0.05) is 41.8 Å². The summed E-state index contributed by atoms with van der Waals surface area (Å²) >= 11 is 0. The SMILES string of the molecule is Cc1cccc(C)c1CCc1cc(-c2cc3c([nH]2)CCNC3=O)ccn1.O=C(O)C(F)(F)F. The van der Waals surface area contributed by atoms with Crippen molar-refractivity contribution < 1.29 is 27.9 Å². The fourth-order valence-electron chi connectivity index (χ4n) is 3.73. The maximum Gasteiger partial charge on any atom is 0.490 e. The molecule has 0 saturated heterocycles. The summed E-state index contributed by atoms with van der Waals surface area (Å²) in [5, 5.41) is 10.0. The highest BCUT2D eigenvalue weighted by molar-refractivity contribution is 5.97. The van der Waals surface area contributed by atoms with Crippen molar-refractivity contribution in [1.82, 2.24) is 15.3 Å². The van der Waals surface area contributed by atoms with Crippen LogP contribution in [0, 0.1) is 13.8 Å². The van der Waals surface area contributed by atoms with Gasteiger partial charge in [0.25, 0.3) is 5.91 Å². The minimum absolute atomic E-state index is 0.0121. The standard InChI is InChI=1S/C22H23N3O.C2HF3O2/c1-14-4-3-5-15(2)18(14)7-6-17-12-16(8-10-23-17)21-13-19-20(25-21)9-11-24-22(19)26;3-2(4,5)1(6)7/h3-5,8,10,12-13,25H,6-7,9,11H2,1-2H3,(H,24,26);(H,6,7). The van der Waals surface area contributed by atoms with Crippen LogP contribution < -0.4 is 5.32 Å². The largest absolute Gasteiger partial charge is 0.490 e. The molecular weight excluding hydrogens is 435 g/mol. The van der Waals surface area contributed by atoms with Gasteiger partial charge in [-0.25, -0.2) is 4.79 Å². The fraction of sp³-hybridized carbons (Fsp3) is 0.292. The van der Waals surface area contributed by atoms with Crippen molar-refractivity contribution in [3.63, 3.8) is 0 Å². The smallest absolute Gasteiger partial charge is 0.475 e. The van der Waals surface area contributed by atoms with Crippen LogP contribution in [0.15, 0.2) is 42.6 Å². The molecule has 1 aliphatic rings. The average molecular weight is 459 g/mol. The number of hydrogen-bond donors (Lipinski definition) is 3. The van der Waals surface area contributed by atoms with Crippen LogP contribution in [0.5, 0.6) is 0 Å². The summed E-state index contributed by atoms with van der Waals surface area (Å²) in [6.07, 6.45) is -0.486. The van der Waals surface area contributed by atoms with Gasteiger partial charge in [-0.15, -0.1) is 0 Å². The Hall–Kier alpha value is -3.62. The number of pyridine rings is 1. The number of hydrogen-bond acceptors (Lipinski definition) is 3. The number of benzene rings is 1. The Balaban J connectivity index is 0.000000383. The zero-order valence-electron chi connectivity index (χ0n) is 18.2. The van der Waals surface area contributed by atoms with Gasteiger partial charge in [0.1, 0.15) is 0 Å². The third-order valence-electron chi connectivity index (χ3n) is 5.45. The highest BCUT2D eigenvalue weighted by atomic mass is 19.4. The third-order valence-corrected chi connectivity index (χ3v) is 5.45. The van der Waals surface area contributed by atoms with Gasteiger partial charge in [-0.2, -0.15) is 13.2 Å². The molecule has 0 atom stereocenters. The van der Waals surface area contributed by atoms with Crippen molar-refractivity contribution in [1.29, 1.82) is 0 Å². The summed E-state index contributed by atoms with van der Waals surface area (Å²) in [6, 6.07) is 12.5. The molecule has 2 aromatic heterocycles. The first-order valence-electron chi connectivity index (χ1n) is 10.4. The molecule has 0 spiro atoms. The number of aryl methyl sites for hydroxylation is 3. The molecule has 9 heteroatoms. The first kappa shape index (κ1) is 24.0. The van der Waals surface area contributed by atoms with Crippen LogP contribution in [0.2, 0.25) is 0 Å². The Morgan fingerprint density at radius 1 is 1.12 bits per heavy atom. The van der Waals surface area contributed by atoms with Crippen LogP contribution in [0.4, 0.5) is 13.2 Å². The molecule has 3 aromatic rings. The van der Waals surface area contributed by atoms with Crippen LogP contribution >= 0.6 is 0 Å². The van der Waals surface area contributed by atoms with Crippen LogP contribution in [0.25, 0.3) is 11.3 Å². The monoisotopic (exact) mass is 459 g/mol. The first-order chi connectivity index (χ1) is 15.6. The molecule has 0 aliphatic carbocycles. The highest BCUT2D eigenvalue weighted by Crippen LogP contribution is 2.25. The van der Waals surface area contributed by atoms with E-state index in [2.05, 4.69) is 53.4 Å². The van der Waals surface area contributed by atoms with Crippen LogP contribution in [0.3, 0.4) is 0 Å². The minimum Gasteiger partial charge on any atom is -0.475 e. The lowest BCUT2D eigenvalue weighted by Crippen LogP contribution is -2.31. The summed E-state index contributed by atoms with van der Waals surface area (Å²) in [5.41, 5.74) is 9.02. The van der Waals surface area contributed by atoms with Crippen molar-refractivity contribution in [2.45, 2.75) is 39.3 Å². The molecule has 6 nitrogen and oxygen atoms in total. The molecule has 0 saturated carbocycles. The van der Waals surface area contributed by atoms with Gasteiger partial charge in [-0.3, -0.25) is 9.78 Å². The number of nitrogens with zero attached hydrogens (tertiary/aromatic N) is 1. The molecule has 1 amide bonds. The maximum absolute atomic E-state index is 12.0. The van der Waals surface area contributed by atoms with Gasteiger partial charge >= 0.3 is 12.1 Å². The van der Waals surface area contributed by atoms with Crippen molar-refractivity contribution >= 4 is 11.9 Å². The Morgan fingerprint density at radius 2 is 1.79 bits per heavy atom. The van der Waals surface area contributed by atoms with Crippen LogP contribution in [0.1, 0.15) is 38.4 Å². The lowest BCUT2D eigenvalue weighted by molar-refractivity contribution is -0.192. The van der Waals surface area contributed by atoms with Gasteiger partial charge in [0.15, 0.2) is 0 Å². The first-order valence-corrected chi connectivity index (χ1v) is 10.4. The van der Waals surface area contributed by atoms with Crippen molar-refractivity contribution in [3.8, 4) is 11.3 Å². The molecule has 3 N–H and O–H groups in total. The summed E-state index contributed by atoms with van der Waals surface area (Å²) < 4.78 is 31.7. The molecule has 0 radical (unpaired) electrons. The molecule has 0 bridgehead atoms. The summed E-state index contributed by atoms with van der Waals surface area (Å²) in [6.45, 7) is 5.03. The Morgan fingerprint density at radius 3 is 2.39 bits per heavy atom. The number of carboxylic acid groups (broad SMARTS) is 1. The van der Waals surface area contributed by atoms with Crippen molar-refractivity contribution in [2.75, 3.05) is 6.54 Å². The number of aromatic amines is 1. The molecule has 174 valence electrons. The minimum atomic E-state index is -5.08. The molecule has 4 rings (SSSR count). The van der Waals surface area contributed by atoms with E-state index in [1.807, 2.05) is 18.3 Å². The lowest BCUT2D eigenvalue weighted by atomic mass is 9.97. The number of alkyl halides is 3. The number of carbonyl (C=O) groups excluding carboxylic acids is 1. The number of nitrogens with one attached hydrogen (secondary N) is 2. The molecule has 3 heterocycles. The van der Waals surface area contributed by atoms with E-state index in [4.69, 9.17) is 9.90 Å². The van der Waals surface area contributed by atoms with E-state index in [-0.39, 0.29) is 5.91 Å². The normalized spacial score (nSPS) is 12.9. The van der Waals surface area contributed by atoms with Crippen LogP contribution in [-0.2, 0) is 24.1 Å². The maximum atomic E-state index is 12.0. The topological polar surface area (TPSA) is 95.1 Å². The molecule has 0 fully saturated rings. The Bertz CT molecular complexity index is 1150. The molecule has 1 aromatic carbocycles. The zero-order valence-corrected chi connectivity index (χ0v) is 18.2. The second-order valence-corrected chi connectivity index (χ2v) is 7.79. The predicted molar refractivity (Wildman–Crippen MR) is 117 cm³/mol. The van der Waals surface area contributed by atoms with Crippen molar-refractivity contribution in [2.24, 2.45) is 0 Å². The summed E-state index contributed by atoms with van der Waals surface area (Å²) in [7, 11) is 0. The van der Waals surface area contributed by atoms with Gasteiger partial charge < -0.3 is 15.4 Å². The van der Waals surface area contributed by atoms with E-state index >= 15 is 0 Å². The van der Waals surface area contributed by atoms with E-state index in [1.165, 1.54) is 16.7 Å². The fourth-order valence-corrected chi connectivity index (χ4v) is 3.73. The average Bonchev–Trinajstić information content (AvgIpc) is 3.19. The Labute approximate surface area is 188 Å².